The minimum absolute atomic E-state index is 0.104. The molecule has 1 atom stereocenters. The Hall–Kier alpha value is -2.79. The maximum Gasteiger partial charge on any atom is 0.162 e. The van der Waals surface area contributed by atoms with Gasteiger partial charge in [-0.1, -0.05) is 18.2 Å². The lowest BCUT2D eigenvalue weighted by Crippen LogP contribution is -2.09. The first-order chi connectivity index (χ1) is 11.8. The van der Waals surface area contributed by atoms with E-state index in [0.29, 0.717) is 0 Å². The Kier molecular flexibility index (Phi) is 3.92. The summed E-state index contributed by atoms with van der Waals surface area (Å²) in [6.07, 6.45) is 3.66. The molecule has 3 heterocycles. The minimum atomic E-state index is 0.104. The number of rotatable bonds is 4. The number of nitrogens with zero attached hydrogens (tertiary/aromatic N) is 3. The molecule has 0 fully saturated rings. The maximum atomic E-state index is 4.77. The highest BCUT2D eigenvalue weighted by Gasteiger charge is 2.12. The summed E-state index contributed by atoms with van der Waals surface area (Å²) < 4.78 is 0. The van der Waals surface area contributed by atoms with Crippen LogP contribution in [0.2, 0.25) is 0 Å². The lowest BCUT2D eigenvalue weighted by molar-refractivity contribution is 0.868. The number of pyridine rings is 1. The van der Waals surface area contributed by atoms with Gasteiger partial charge >= 0.3 is 0 Å². The Balaban J connectivity index is 1.78. The zero-order valence-electron chi connectivity index (χ0n) is 13.2. The molecule has 24 heavy (non-hydrogen) atoms. The summed E-state index contributed by atoms with van der Waals surface area (Å²) in [6.45, 7) is 2.11. The molecular formula is C19H16N4S. The predicted octanol–water partition coefficient (Wildman–Crippen LogP) is 4.93. The molecular weight excluding hydrogens is 316 g/mol. The molecule has 4 aromatic rings. The summed E-state index contributed by atoms with van der Waals surface area (Å²) in [6, 6.07) is 14.2. The van der Waals surface area contributed by atoms with Crippen molar-refractivity contribution in [1.82, 2.24) is 15.0 Å². The summed E-state index contributed by atoms with van der Waals surface area (Å²) in [5, 5.41) is 8.65. The number of hydrogen-bond donors (Lipinski definition) is 1. The summed E-state index contributed by atoms with van der Waals surface area (Å²) >= 11 is 1.65. The number of para-hydroxylation sites is 1. The van der Waals surface area contributed by atoms with Crippen LogP contribution in [0.1, 0.15) is 18.5 Å². The third-order valence-corrected chi connectivity index (χ3v) is 4.60. The Morgan fingerprint density at radius 2 is 1.96 bits per heavy atom. The van der Waals surface area contributed by atoms with E-state index < -0.39 is 0 Å². The number of nitrogens with one attached hydrogen (secondary N) is 1. The lowest BCUT2D eigenvalue weighted by atomic mass is 10.1. The van der Waals surface area contributed by atoms with E-state index in [-0.39, 0.29) is 6.04 Å². The van der Waals surface area contributed by atoms with E-state index in [1.807, 2.05) is 48.0 Å². The van der Waals surface area contributed by atoms with E-state index in [1.54, 1.807) is 17.5 Å². The van der Waals surface area contributed by atoms with Crippen LogP contribution >= 0.6 is 11.3 Å². The summed E-state index contributed by atoms with van der Waals surface area (Å²) in [5.41, 5.74) is 3.11. The second-order valence-electron chi connectivity index (χ2n) is 5.58. The van der Waals surface area contributed by atoms with Gasteiger partial charge in [0.05, 0.1) is 11.6 Å². The number of anilines is 1. The Bertz CT molecular complexity index is 952. The number of aromatic nitrogens is 3. The molecule has 0 radical (unpaired) electrons. The van der Waals surface area contributed by atoms with Crippen LogP contribution in [-0.4, -0.2) is 15.0 Å². The third kappa shape index (κ3) is 2.86. The highest BCUT2D eigenvalue weighted by Crippen LogP contribution is 2.28. The van der Waals surface area contributed by atoms with Gasteiger partial charge in [0.25, 0.3) is 0 Å². The number of thiophene rings is 1. The summed E-state index contributed by atoms with van der Waals surface area (Å²) in [4.78, 5) is 13.7. The van der Waals surface area contributed by atoms with Crippen LogP contribution in [0.15, 0.2) is 65.6 Å². The van der Waals surface area contributed by atoms with Crippen LogP contribution in [0.25, 0.3) is 22.3 Å². The van der Waals surface area contributed by atoms with Crippen molar-refractivity contribution < 1.29 is 0 Å². The van der Waals surface area contributed by atoms with Crippen molar-refractivity contribution in [2.75, 3.05) is 5.32 Å². The molecule has 1 N–H and O–H groups in total. The van der Waals surface area contributed by atoms with Crippen LogP contribution in [0, 0.1) is 0 Å². The molecule has 5 heteroatoms. The molecule has 3 aromatic heterocycles. The molecule has 0 unspecified atom stereocenters. The molecule has 0 amide bonds. The summed E-state index contributed by atoms with van der Waals surface area (Å²) in [7, 11) is 0. The van der Waals surface area contributed by atoms with Gasteiger partial charge in [0.15, 0.2) is 5.82 Å². The fourth-order valence-corrected chi connectivity index (χ4v) is 3.26. The van der Waals surface area contributed by atoms with E-state index in [9.17, 15) is 0 Å². The van der Waals surface area contributed by atoms with Crippen molar-refractivity contribution in [2.24, 2.45) is 0 Å². The molecule has 0 aliphatic heterocycles. The van der Waals surface area contributed by atoms with Crippen molar-refractivity contribution in [1.29, 1.82) is 0 Å². The van der Waals surface area contributed by atoms with Gasteiger partial charge < -0.3 is 5.32 Å². The quantitative estimate of drug-likeness (QED) is 0.576. The molecule has 0 aliphatic rings. The van der Waals surface area contributed by atoms with Crippen LogP contribution in [0.5, 0.6) is 0 Å². The van der Waals surface area contributed by atoms with Crippen LogP contribution in [-0.2, 0) is 0 Å². The number of hydrogen-bond acceptors (Lipinski definition) is 5. The van der Waals surface area contributed by atoms with Crippen molar-refractivity contribution in [3.8, 4) is 11.4 Å². The van der Waals surface area contributed by atoms with E-state index in [2.05, 4.69) is 28.7 Å². The Labute approximate surface area is 144 Å². The average molecular weight is 332 g/mol. The minimum Gasteiger partial charge on any atom is -0.363 e. The fourth-order valence-electron chi connectivity index (χ4n) is 2.63. The monoisotopic (exact) mass is 332 g/mol. The van der Waals surface area contributed by atoms with Gasteiger partial charge in [0.2, 0.25) is 0 Å². The van der Waals surface area contributed by atoms with Gasteiger partial charge in [-0.3, -0.25) is 4.98 Å². The largest absolute Gasteiger partial charge is 0.363 e. The second kappa shape index (κ2) is 6.37. The normalized spacial score (nSPS) is 12.2. The maximum absolute atomic E-state index is 4.77. The van der Waals surface area contributed by atoms with Crippen LogP contribution in [0.3, 0.4) is 0 Å². The summed E-state index contributed by atoms with van der Waals surface area (Å²) in [5.74, 6) is 1.59. The third-order valence-electron chi connectivity index (χ3n) is 3.92. The van der Waals surface area contributed by atoms with E-state index in [0.717, 1.165) is 33.7 Å². The van der Waals surface area contributed by atoms with E-state index in [1.165, 1.54) is 0 Å². The molecule has 0 aliphatic carbocycles. The Morgan fingerprint density at radius 1 is 1.04 bits per heavy atom. The number of fused-ring (bicyclic) bond motifs is 1. The zero-order valence-corrected chi connectivity index (χ0v) is 14.0. The second-order valence-corrected chi connectivity index (χ2v) is 6.36. The molecule has 4 rings (SSSR count). The highest BCUT2D eigenvalue weighted by molar-refractivity contribution is 7.08. The highest BCUT2D eigenvalue weighted by atomic mass is 32.1. The zero-order chi connectivity index (χ0) is 16.4. The van der Waals surface area contributed by atoms with Gasteiger partial charge in [-0.05, 0) is 42.1 Å². The molecule has 0 bridgehead atoms. The first-order valence-corrected chi connectivity index (χ1v) is 8.71. The van der Waals surface area contributed by atoms with Crippen LogP contribution < -0.4 is 5.32 Å². The first kappa shape index (κ1) is 14.8. The molecule has 0 spiro atoms. The fraction of sp³-hybridized carbons (Fsp3) is 0.105. The van der Waals surface area contributed by atoms with E-state index in [4.69, 9.17) is 9.97 Å². The van der Waals surface area contributed by atoms with E-state index >= 15 is 0 Å². The lowest BCUT2D eigenvalue weighted by Gasteiger charge is -2.16. The van der Waals surface area contributed by atoms with Gasteiger partial charge in [0.1, 0.15) is 5.82 Å². The number of benzene rings is 1. The molecule has 4 nitrogen and oxygen atoms in total. The van der Waals surface area contributed by atoms with Gasteiger partial charge in [-0.25, -0.2) is 9.97 Å². The molecule has 0 saturated heterocycles. The first-order valence-electron chi connectivity index (χ1n) is 7.77. The Morgan fingerprint density at radius 3 is 2.75 bits per heavy atom. The molecule has 118 valence electrons. The molecule has 0 saturated carbocycles. The smallest absolute Gasteiger partial charge is 0.162 e. The standard InChI is InChI=1S/C19H16N4S/c1-13(14-5-4-9-20-11-14)21-19-16-6-2-3-7-17(16)22-18(23-19)15-8-10-24-12-15/h2-13H,1H3,(H,21,22,23)/t13-/m1/s1. The van der Waals surface area contributed by atoms with Crippen molar-refractivity contribution in [2.45, 2.75) is 13.0 Å². The van der Waals surface area contributed by atoms with Crippen molar-refractivity contribution >= 4 is 28.1 Å². The van der Waals surface area contributed by atoms with Crippen LogP contribution in [0.4, 0.5) is 5.82 Å². The van der Waals surface area contributed by atoms with Gasteiger partial charge in [0, 0.05) is 28.7 Å². The van der Waals surface area contributed by atoms with Gasteiger partial charge in [-0.15, -0.1) is 0 Å². The SMILES string of the molecule is C[C@@H](Nc1nc(-c2ccsc2)nc2ccccc12)c1cccnc1. The average Bonchev–Trinajstić information content (AvgIpc) is 3.17. The van der Waals surface area contributed by atoms with Crippen molar-refractivity contribution in [3.05, 3.63) is 71.2 Å². The van der Waals surface area contributed by atoms with Gasteiger partial charge in [-0.2, -0.15) is 11.3 Å². The molecule has 1 aromatic carbocycles. The topological polar surface area (TPSA) is 50.7 Å². The van der Waals surface area contributed by atoms with Crippen molar-refractivity contribution in [3.63, 3.8) is 0 Å². The predicted molar refractivity (Wildman–Crippen MR) is 99.1 cm³/mol.